The van der Waals surface area contributed by atoms with E-state index in [4.69, 9.17) is 5.73 Å². The summed E-state index contributed by atoms with van der Waals surface area (Å²) in [6.45, 7) is 5.65. The maximum absolute atomic E-state index is 10.9. The quantitative estimate of drug-likeness (QED) is 0.657. The Morgan fingerprint density at radius 1 is 1.56 bits per heavy atom. The van der Waals surface area contributed by atoms with E-state index in [-0.39, 0.29) is 16.7 Å². The smallest absolute Gasteiger partial charge is 0.274 e. The zero-order valence-electron chi connectivity index (χ0n) is 10.8. The van der Waals surface area contributed by atoms with Crippen LogP contribution in [0.2, 0.25) is 0 Å². The van der Waals surface area contributed by atoms with Crippen molar-refractivity contribution in [3.8, 4) is 0 Å². The molecule has 2 rings (SSSR count). The van der Waals surface area contributed by atoms with Crippen LogP contribution in [-0.4, -0.2) is 24.1 Å². The fourth-order valence-electron chi connectivity index (χ4n) is 2.59. The third-order valence-electron chi connectivity index (χ3n) is 3.78. The molecule has 2 N–H and O–H groups in total. The van der Waals surface area contributed by atoms with E-state index in [1.807, 2.05) is 19.9 Å². The van der Waals surface area contributed by atoms with Crippen molar-refractivity contribution in [1.29, 1.82) is 0 Å². The van der Waals surface area contributed by atoms with E-state index in [0.717, 1.165) is 30.8 Å². The average molecular weight is 249 g/mol. The van der Waals surface area contributed by atoms with Crippen molar-refractivity contribution in [3.05, 3.63) is 33.9 Å². The number of nitrogens with zero attached hydrogens (tertiary/aromatic N) is 2. The van der Waals surface area contributed by atoms with Gasteiger partial charge in [0.2, 0.25) is 0 Å². The number of nitro groups is 1. The number of anilines is 1. The summed E-state index contributed by atoms with van der Waals surface area (Å²) in [6, 6.07) is 5.43. The molecule has 1 aliphatic heterocycles. The molecule has 1 aromatic rings. The van der Waals surface area contributed by atoms with Crippen LogP contribution in [0.3, 0.4) is 0 Å². The molecule has 0 saturated carbocycles. The maximum atomic E-state index is 10.9. The second kappa shape index (κ2) is 4.94. The summed E-state index contributed by atoms with van der Waals surface area (Å²) in [7, 11) is 0. The minimum Gasteiger partial charge on any atom is -0.371 e. The van der Waals surface area contributed by atoms with E-state index in [2.05, 4.69) is 4.90 Å². The fraction of sp³-hybridized carbons (Fsp3) is 0.538. The molecular formula is C13H19N3O2. The molecule has 0 aromatic heterocycles. The van der Waals surface area contributed by atoms with Gasteiger partial charge in [-0.25, -0.2) is 0 Å². The molecule has 18 heavy (non-hydrogen) atoms. The summed E-state index contributed by atoms with van der Waals surface area (Å²) >= 11 is 0. The topological polar surface area (TPSA) is 72.4 Å². The number of hydrogen-bond donors (Lipinski definition) is 1. The fourth-order valence-corrected chi connectivity index (χ4v) is 2.59. The average Bonchev–Trinajstić information content (AvgIpc) is 2.78. The van der Waals surface area contributed by atoms with E-state index in [9.17, 15) is 10.1 Å². The zero-order valence-corrected chi connectivity index (χ0v) is 10.8. The molecule has 1 saturated heterocycles. The summed E-state index contributed by atoms with van der Waals surface area (Å²) in [5.74, 6) is 0.476. The minimum atomic E-state index is -0.321. The second-order valence-electron chi connectivity index (χ2n) is 5.03. The molecule has 0 spiro atoms. The molecule has 0 radical (unpaired) electrons. The van der Waals surface area contributed by atoms with Gasteiger partial charge in [0.15, 0.2) is 0 Å². The van der Waals surface area contributed by atoms with Crippen LogP contribution < -0.4 is 10.6 Å². The van der Waals surface area contributed by atoms with Crippen LogP contribution in [0.15, 0.2) is 18.2 Å². The van der Waals surface area contributed by atoms with Gasteiger partial charge in [0.1, 0.15) is 0 Å². The lowest BCUT2D eigenvalue weighted by atomic mass is 10.0. The molecular weight excluding hydrogens is 230 g/mol. The van der Waals surface area contributed by atoms with Crippen molar-refractivity contribution in [2.24, 2.45) is 11.7 Å². The number of nitro benzene ring substituents is 1. The van der Waals surface area contributed by atoms with Gasteiger partial charge in [-0.2, -0.15) is 0 Å². The molecule has 0 amide bonds. The van der Waals surface area contributed by atoms with Crippen molar-refractivity contribution in [3.63, 3.8) is 0 Å². The van der Waals surface area contributed by atoms with Crippen LogP contribution in [0.25, 0.3) is 0 Å². The highest BCUT2D eigenvalue weighted by Gasteiger charge is 2.27. The van der Waals surface area contributed by atoms with Gasteiger partial charge in [-0.05, 0) is 32.3 Å². The standard InChI is InChI=1S/C13H19N3O2/c1-9-12(4-3-5-13(9)16(17)18)15-7-6-11(8-15)10(2)14/h3-5,10-11H,6-8,14H2,1-2H3. The van der Waals surface area contributed by atoms with E-state index >= 15 is 0 Å². The molecule has 0 bridgehead atoms. The van der Waals surface area contributed by atoms with E-state index in [1.165, 1.54) is 0 Å². The molecule has 1 aliphatic rings. The highest BCUT2D eigenvalue weighted by atomic mass is 16.6. The Balaban J connectivity index is 2.25. The maximum Gasteiger partial charge on any atom is 0.274 e. The van der Waals surface area contributed by atoms with Gasteiger partial charge in [-0.3, -0.25) is 10.1 Å². The van der Waals surface area contributed by atoms with Gasteiger partial charge in [0, 0.05) is 30.9 Å². The SMILES string of the molecule is Cc1c(N2CCC(C(C)N)C2)cccc1[N+](=O)[O-]. The lowest BCUT2D eigenvalue weighted by Crippen LogP contribution is -2.29. The number of nitrogens with two attached hydrogens (primary N) is 1. The summed E-state index contributed by atoms with van der Waals surface area (Å²) in [6.07, 6.45) is 1.06. The van der Waals surface area contributed by atoms with Crippen molar-refractivity contribution in [2.75, 3.05) is 18.0 Å². The van der Waals surface area contributed by atoms with Gasteiger partial charge >= 0.3 is 0 Å². The van der Waals surface area contributed by atoms with E-state index in [0.29, 0.717) is 5.92 Å². The van der Waals surface area contributed by atoms with Crippen LogP contribution in [0, 0.1) is 23.0 Å². The van der Waals surface area contributed by atoms with Gasteiger partial charge in [-0.15, -0.1) is 0 Å². The van der Waals surface area contributed by atoms with Crippen LogP contribution in [-0.2, 0) is 0 Å². The van der Waals surface area contributed by atoms with Crippen LogP contribution in [0.4, 0.5) is 11.4 Å². The molecule has 5 heteroatoms. The summed E-state index contributed by atoms with van der Waals surface area (Å²) in [5.41, 5.74) is 7.82. The molecule has 2 atom stereocenters. The largest absolute Gasteiger partial charge is 0.371 e. The molecule has 0 aliphatic carbocycles. The highest BCUT2D eigenvalue weighted by molar-refractivity contribution is 5.61. The van der Waals surface area contributed by atoms with Crippen molar-refractivity contribution < 1.29 is 4.92 Å². The Morgan fingerprint density at radius 3 is 2.83 bits per heavy atom. The molecule has 98 valence electrons. The molecule has 1 fully saturated rings. The summed E-state index contributed by atoms with van der Waals surface area (Å²) < 4.78 is 0. The summed E-state index contributed by atoms with van der Waals surface area (Å²) in [4.78, 5) is 12.8. The first-order valence-corrected chi connectivity index (χ1v) is 6.25. The molecule has 2 unspecified atom stereocenters. The summed E-state index contributed by atoms with van der Waals surface area (Å²) in [5, 5.41) is 10.9. The lowest BCUT2D eigenvalue weighted by Gasteiger charge is -2.21. The van der Waals surface area contributed by atoms with Crippen LogP contribution >= 0.6 is 0 Å². The predicted octanol–water partition coefficient (Wildman–Crippen LogP) is 2.08. The Labute approximate surface area is 107 Å². The number of benzene rings is 1. The Bertz CT molecular complexity index is 460. The van der Waals surface area contributed by atoms with Gasteiger partial charge < -0.3 is 10.6 Å². The Hall–Kier alpha value is -1.62. The number of rotatable bonds is 3. The first-order chi connectivity index (χ1) is 8.50. The molecule has 1 aromatic carbocycles. The first-order valence-electron chi connectivity index (χ1n) is 6.25. The van der Waals surface area contributed by atoms with Crippen LogP contribution in [0.1, 0.15) is 18.9 Å². The van der Waals surface area contributed by atoms with E-state index < -0.39 is 0 Å². The van der Waals surface area contributed by atoms with Crippen molar-refractivity contribution >= 4 is 11.4 Å². The van der Waals surface area contributed by atoms with Gasteiger partial charge in [-0.1, -0.05) is 6.07 Å². The zero-order chi connectivity index (χ0) is 13.3. The number of hydrogen-bond acceptors (Lipinski definition) is 4. The first kappa shape index (κ1) is 12.8. The van der Waals surface area contributed by atoms with Crippen molar-refractivity contribution in [2.45, 2.75) is 26.3 Å². The highest BCUT2D eigenvalue weighted by Crippen LogP contribution is 2.32. The Kier molecular flexibility index (Phi) is 3.52. The minimum absolute atomic E-state index is 0.175. The van der Waals surface area contributed by atoms with Gasteiger partial charge in [0.25, 0.3) is 5.69 Å². The molecule has 5 nitrogen and oxygen atoms in total. The third-order valence-corrected chi connectivity index (χ3v) is 3.78. The lowest BCUT2D eigenvalue weighted by molar-refractivity contribution is -0.385. The normalized spacial score (nSPS) is 21.1. The third kappa shape index (κ3) is 2.31. The molecule has 1 heterocycles. The Morgan fingerprint density at radius 2 is 2.28 bits per heavy atom. The van der Waals surface area contributed by atoms with E-state index in [1.54, 1.807) is 12.1 Å². The second-order valence-corrected chi connectivity index (χ2v) is 5.03. The van der Waals surface area contributed by atoms with Crippen molar-refractivity contribution in [1.82, 2.24) is 0 Å². The monoisotopic (exact) mass is 249 g/mol. The van der Waals surface area contributed by atoms with Crippen LogP contribution in [0.5, 0.6) is 0 Å². The predicted molar refractivity (Wildman–Crippen MR) is 71.8 cm³/mol. The van der Waals surface area contributed by atoms with Gasteiger partial charge in [0.05, 0.1) is 10.5 Å².